The van der Waals surface area contributed by atoms with Crippen LogP contribution in [-0.4, -0.2) is 15.8 Å². The zero-order valence-electron chi connectivity index (χ0n) is 8.96. The predicted octanol–water partition coefficient (Wildman–Crippen LogP) is 4.21. The highest BCUT2D eigenvalue weighted by molar-refractivity contribution is 7.18. The van der Waals surface area contributed by atoms with Crippen LogP contribution in [-0.2, 0) is 6.42 Å². The standard InChI is InChI=1S/C11H12Cl2N2S/c1-7-6-8-10(13)14-9(4-2-3-5-12)15-11(8)16-7/h6H,2-5H2,1H3. The first-order valence-corrected chi connectivity index (χ1v) is 6.92. The summed E-state index contributed by atoms with van der Waals surface area (Å²) >= 11 is 13.4. The van der Waals surface area contributed by atoms with Crippen molar-refractivity contribution in [2.24, 2.45) is 0 Å². The molecule has 16 heavy (non-hydrogen) atoms. The molecule has 2 nitrogen and oxygen atoms in total. The summed E-state index contributed by atoms with van der Waals surface area (Å²) < 4.78 is 0. The second-order valence-corrected chi connectivity index (χ2v) is 5.62. The fraction of sp³-hybridized carbons (Fsp3) is 0.455. The molecule has 0 unspecified atom stereocenters. The van der Waals surface area contributed by atoms with E-state index in [1.165, 1.54) is 4.88 Å². The molecule has 0 spiro atoms. The van der Waals surface area contributed by atoms with Crippen molar-refractivity contribution in [1.82, 2.24) is 9.97 Å². The maximum Gasteiger partial charge on any atom is 0.141 e. The summed E-state index contributed by atoms with van der Waals surface area (Å²) in [4.78, 5) is 11.0. The minimum Gasteiger partial charge on any atom is -0.222 e. The average Bonchev–Trinajstić information content (AvgIpc) is 2.60. The van der Waals surface area contributed by atoms with Crippen molar-refractivity contribution in [3.63, 3.8) is 0 Å². The topological polar surface area (TPSA) is 25.8 Å². The van der Waals surface area contributed by atoms with Crippen molar-refractivity contribution in [2.75, 3.05) is 5.88 Å². The Balaban J connectivity index is 2.27. The zero-order valence-corrected chi connectivity index (χ0v) is 11.3. The van der Waals surface area contributed by atoms with Gasteiger partial charge in [-0.2, -0.15) is 0 Å². The Hall–Kier alpha value is -0.380. The number of hydrogen-bond donors (Lipinski definition) is 0. The second-order valence-electron chi connectivity index (χ2n) is 3.65. The number of hydrogen-bond acceptors (Lipinski definition) is 3. The normalized spacial score (nSPS) is 11.2. The molecule has 0 bridgehead atoms. The first-order chi connectivity index (χ1) is 7.70. The molecule has 0 amide bonds. The maximum atomic E-state index is 6.12. The molecule has 5 heteroatoms. The molecule has 0 aliphatic carbocycles. The lowest BCUT2D eigenvalue weighted by molar-refractivity contribution is 0.761. The van der Waals surface area contributed by atoms with Crippen LogP contribution in [0.3, 0.4) is 0 Å². The van der Waals surface area contributed by atoms with Gasteiger partial charge in [0, 0.05) is 22.6 Å². The Labute approximate surface area is 109 Å². The monoisotopic (exact) mass is 274 g/mol. The van der Waals surface area contributed by atoms with E-state index >= 15 is 0 Å². The Morgan fingerprint density at radius 1 is 1.31 bits per heavy atom. The van der Waals surface area contributed by atoms with Gasteiger partial charge in [0.2, 0.25) is 0 Å². The van der Waals surface area contributed by atoms with Crippen LogP contribution in [0.4, 0.5) is 0 Å². The smallest absolute Gasteiger partial charge is 0.141 e. The predicted molar refractivity (Wildman–Crippen MR) is 70.8 cm³/mol. The average molecular weight is 275 g/mol. The number of rotatable bonds is 4. The van der Waals surface area contributed by atoms with E-state index in [0.29, 0.717) is 11.0 Å². The molecular formula is C11H12Cl2N2S. The molecule has 0 aliphatic rings. The lowest BCUT2D eigenvalue weighted by Crippen LogP contribution is -1.95. The molecule has 2 aromatic rings. The summed E-state index contributed by atoms with van der Waals surface area (Å²) in [5.41, 5.74) is 0. The van der Waals surface area contributed by atoms with Gasteiger partial charge in [0.05, 0.1) is 0 Å². The molecule has 2 aromatic heterocycles. The molecule has 0 saturated carbocycles. The summed E-state index contributed by atoms with van der Waals surface area (Å²) in [5, 5.41) is 1.53. The van der Waals surface area contributed by atoms with Gasteiger partial charge in [-0.1, -0.05) is 11.6 Å². The number of nitrogens with zero attached hydrogens (tertiary/aromatic N) is 2. The van der Waals surface area contributed by atoms with Crippen LogP contribution in [0.25, 0.3) is 10.2 Å². The van der Waals surface area contributed by atoms with E-state index in [1.807, 2.05) is 6.07 Å². The Morgan fingerprint density at radius 3 is 2.88 bits per heavy atom. The molecule has 0 atom stereocenters. The van der Waals surface area contributed by atoms with Gasteiger partial charge < -0.3 is 0 Å². The highest BCUT2D eigenvalue weighted by Crippen LogP contribution is 2.28. The van der Waals surface area contributed by atoms with Crippen LogP contribution in [0.15, 0.2) is 6.07 Å². The van der Waals surface area contributed by atoms with Crippen LogP contribution in [0.1, 0.15) is 23.5 Å². The first kappa shape index (κ1) is 12.1. The molecule has 0 fully saturated rings. The number of aryl methyl sites for hydroxylation is 2. The first-order valence-electron chi connectivity index (χ1n) is 5.19. The molecule has 86 valence electrons. The van der Waals surface area contributed by atoms with E-state index in [1.54, 1.807) is 11.3 Å². The molecular weight excluding hydrogens is 263 g/mol. The third-order valence-corrected chi connectivity index (χ3v) is 3.80. The molecule has 0 N–H and O–H groups in total. The van der Waals surface area contributed by atoms with Crippen molar-refractivity contribution in [3.8, 4) is 0 Å². The van der Waals surface area contributed by atoms with Gasteiger partial charge in [-0.15, -0.1) is 22.9 Å². The van der Waals surface area contributed by atoms with E-state index in [9.17, 15) is 0 Å². The molecule has 2 heterocycles. The van der Waals surface area contributed by atoms with Crippen molar-refractivity contribution >= 4 is 44.8 Å². The van der Waals surface area contributed by atoms with Gasteiger partial charge in [-0.25, -0.2) is 9.97 Å². The minimum atomic E-state index is 0.565. The van der Waals surface area contributed by atoms with Gasteiger partial charge in [0.25, 0.3) is 0 Å². The lowest BCUT2D eigenvalue weighted by atomic mass is 10.2. The van der Waals surface area contributed by atoms with Crippen molar-refractivity contribution < 1.29 is 0 Å². The van der Waals surface area contributed by atoms with E-state index in [4.69, 9.17) is 23.2 Å². The van der Waals surface area contributed by atoms with Crippen LogP contribution in [0, 0.1) is 6.92 Å². The van der Waals surface area contributed by atoms with Crippen LogP contribution < -0.4 is 0 Å². The molecule has 0 radical (unpaired) electrons. The number of alkyl halides is 1. The number of thiophene rings is 1. The molecule has 0 saturated heterocycles. The van der Waals surface area contributed by atoms with E-state index in [0.717, 1.165) is 35.3 Å². The van der Waals surface area contributed by atoms with Gasteiger partial charge in [-0.3, -0.25) is 0 Å². The van der Waals surface area contributed by atoms with Gasteiger partial charge >= 0.3 is 0 Å². The fourth-order valence-electron chi connectivity index (χ4n) is 1.54. The number of fused-ring (bicyclic) bond motifs is 1. The highest BCUT2D eigenvalue weighted by Gasteiger charge is 2.08. The van der Waals surface area contributed by atoms with Crippen LogP contribution in [0.5, 0.6) is 0 Å². The van der Waals surface area contributed by atoms with E-state index in [-0.39, 0.29) is 0 Å². The highest BCUT2D eigenvalue weighted by atomic mass is 35.5. The third kappa shape index (κ3) is 2.65. The van der Waals surface area contributed by atoms with Crippen LogP contribution in [0.2, 0.25) is 5.15 Å². The summed E-state index contributed by atoms with van der Waals surface area (Å²) in [6.07, 6.45) is 2.85. The summed E-state index contributed by atoms with van der Waals surface area (Å²) in [7, 11) is 0. The van der Waals surface area contributed by atoms with E-state index in [2.05, 4.69) is 16.9 Å². The van der Waals surface area contributed by atoms with E-state index < -0.39 is 0 Å². The summed E-state index contributed by atoms with van der Waals surface area (Å²) in [6.45, 7) is 2.05. The van der Waals surface area contributed by atoms with Gasteiger partial charge in [-0.05, 0) is 25.8 Å². The summed E-state index contributed by atoms with van der Waals surface area (Å²) in [6, 6.07) is 2.03. The largest absolute Gasteiger partial charge is 0.222 e. The van der Waals surface area contributed by atoms with Crippen molar-refractivity contribution in [3.05, 3.63) is 21.9 Å². The number of halogens is 2. The molecule has 2 rings (SSSR count). The van der Waals surface area contributed by atoms with Gasteiger partial charge in [0.1, 0.15) is 15.8 Å². The van der Waals surface area contributed by atoms with Crippen LogP contribution >= 0.6 is 34.5 Å². The molecule has 0 aliphatic heterocycles. The Bertz CT molecular complexity index is 496. The van der Waals surface area contributed by atoms with Crippen molar-refractivity contribution in [2.45, 2.75) is 26.2 Å². The Morgan fingerprint density at radius 2 is 2.12 bits per heavy atom. The zero-order chi connectivity index (χ0) is 11.5. The Kier molecular flexibility index (Phi) is 4.00. The maximum absolute atomic E-state index is 6.12. The lowest BCUT2D eigenvalue weighted by Gasteiger charge is -2.00. The number of unbranched alkanes of at least 4 members (excludes halogenated alkanes) is 1. The van der Waals surface area contributed by atoms with Gasteiger partial charge in [0.15, 0.2) is 0 Å². The number of aromatic nitrogens is 2. The SMILES string of the molecule is Cc1cc2c(Cl)nc(CCCCCl)nc2s1. The second kappa shape index (κ2) is 5.30. The molecule has 0 aromatic carbocycles. The third-order valence-electron chi connectivity index (χ3n) is 2.30. The summed E-state index contributed by atoms with van der Waals surface area (Å²) in [5.74, 6) is 1.51. The van der Waals surface area contributed by atoms with Crippen molar-refractivity contribution in [1.29, 1.82) is 0 Å². The minimum absolute atomic E-state index is 0.565. The quantitative estimate of drug-likeness (QED) is 0.474. The fourth-order valence-corrected chi connectivity index (χ4v) is 2.92.